The lowest BCUT2D eigenvalue weighted by Gasteiger charge is -2.18. The van der Waals surface area contributed by atoms with Crippen molar-refractivity contribution >= 4 is 23.6 Å². The number of aromatic amines is 1. The van der Waals surface area contributed by atoms with Gasteiger partial charge < -0.3 is 20.7 Å². The summed E-state index contributed by atoms with van der Waals surface area (Å²) in [6.45, 7) is 7.40. The van der Waals surface area contributed by atoms with Crippen LogP contribution in [-0.4, -0.2) is 51.5 Å². The quantitative estimate of drug-likeness (QED) is 0.311. The van der Waals surface area contributed by atoms with Crippen molar-refractivity contribution in [2.24, 2.45) is 0 Å². The molecule has 34 heavy (non-hydrogen) atoms. The second-order valence-corrected chi connectivity index (χ2v) is 9.12. The Morgan fingerprint density at radius 1 is 1.26 bits per heavy atom. The van der Waals surface area contributed by atoms with Crippen LogP contribution in [0.5, 0.6) is 0 Å². The molecule has 2 rings (SSSR count). The van der Waals surface area contributed by atoms with Crippen LogP contribution in [0.2, 0.25) is 0 Å². The number of nitrogens with one attached hydrogen (secondary N) is 3. The van der Waals surface area contributed by atoms with Crippen LogP contribution in [0.3, 0.4) is 0 Å². The predicted octanol–water partition coefficient (Wildman–Crippen LogP) is 4.31. The van der Waals surface area contributed by atoms with Crippen molar-refractivity contribution in [2.75, 3.05) is 18.6 Å². The highest BCUT2D eigenvalue weighted by molar-refractivity contribution is 7.98. The Bertz CT molecular complexity index is 988. The van der Waals surface area contributed by atoms with Crippen molar-refractivity contribution in [3.63, 3.8) is 0 Å². The summed E-state index contributed by atoms with van der Waals surface area (Å²) in [6, 6.07) is -0.917. The third-order valence-electron chi connectivity index (χ3n) is 5.58. The molecule has 0 saturated heterocycles. The zero-order chi connectivity index (χ0) is 24.9. The first kappa shape index (κ1) is 27.4. The number of H-pyrrole nitrogens is 1. The second-order valence-electron chi connectivity index (χ2n) is 8.14. The zero-order valence-corrected chi connectivity index (χ0v) is 21.3. The molecule has 1 aromatic heterocycles. The van der Waals surface area contributed by atoms with E-state index in [1.807, 2.05) is 32.3 Å². The highest BCUT2D eigenvalue weighted by atomic mass is 32.2. The maximum absolute atomic E-state index is 13.3. The third kappa shape index (κ3) is 8.50. The molecule has 184 valence electrons. The van der Waals surface area contributed by atoms with E-state index in [0.717, 1.165) is 34.4 Å². The first-order valence-corrected chi connectivity index (χ1v) is 12.9. The average molecular weight is 485 g/mol. The lowest BCUT2D eigenvalue weighted by atomic mass is 9.92. The number of rotatable bonds is 13. The zero-order valence-electron chi connectivity index (χ0n) is 20.5. The van der Waals surface area contributed by atoms with Gasteiger partial charge in [0.05, 0.1) is 6.33 Å². The molecule has 1 aromatic rings. The summed E-state index contributed by atoms with van der Waals surface area (Å²) in [5.41, 5.74) is 5.45. The maximum atomic E-state index is 13.3. The number of carbonyl (C=O) groups is 2. The summed E-state index contributed by atoms with van der Waals surface area (Å²) in [7, 11) is 0. The highest BCUT2D eigenvalue weighted by Gasteiger charge is 2.24. The number of carbonyl (C=O) groups excluding carboxylic acids is 1. The number of carboxylic acid groups (broad SMARTS) is 1. The SMILES string of the molecule is CC/C=C\C(C)=C(/C)C1=CC(CNCc2cnc[nH]2)=CCC=C1C(=O)N[C@H](CCSC)C(=O)O. The van der Waals surface area contributed by atoms with Crippen molar-refractivity contribution in [1.29, 1.82) is 0 Å². The lowest BCUT2D eigenvalue weighted by Crippen LogP contribution is -2.42. The summed E-state index contributed by atoms with van der Waals surface area (Å²) in [5.74, 6) is -0.711. The fourth-order valence-corrected chi connectivity index (χ4v) is 3.96. The van der Waals surface area contributed by atoms with E-state index in [9.17, 15) is 14.7 Å². The van der Waals surface area contributed by atoms with Gasteiger partial charge in [-0.1, -0.05) is 31.2 Å². The fourth-order valence-electron chi connectivity index (χ4n) is 3.49. The van der Waals surface area contributed by atoms with E-state index in [2.05, 4.69) is 45.8 Å². The first-order valence-electron chi connectivity index (χ1n) is 11.5. The van der Waals surface area contributed by atoms with Gasteiger partial charge in [0.1, 0.15) is 6.04 Å². The number of hydrogen-bond donors (Lipinski definition) is 4. The largest absolute Gasteiger partial charge is 0.480 e. The van der Waals surface area contributed by atoms with E-state index in [1.54, 1.807) is 24.3 Å². The fraction of sp³-hybridized carbons (Fsp3) is 0.423. The van der Waals surface area contributed by atoms with E-state index in [-0.39, 0.29) is 5.91 Å². The molecule has 7 nitrogen and oxygen atoms in total. The number of hydrogen-bond acceptors (Lipinski definition) is 5. The Morgan fingerprint density at radius 3 is 2.71 bits per heavy atom. The topological polar surface area (TPSA) is 107 Å². The number of thioether (sulfide) groups is 1. The molecule has 0 saturated carbocycles. The molecule has 0 spiro atoms. The second kappa shape index (κ2) is 14.4. The van der Waals surface area contributed by atoms with Crippen molar-refractivity contribution in [2.45, 2.75) is 52.6 Å². The van der Waals surface area contributed by atoms with Gasteiger partial charge in [0.25, 0.3) is 5.91 Å². The monoisotopic (exact) mass is 484 g/mol. The summed E-state index contributed by atoms with van der Waals surface area (Å²) < 4.78 is 0. The molecular weight excluding hydrogens is 448 g/mol. The van der Waals surface area contributed by atoms with Gasteiger partial charge in [0.15, 0.2) is 0 Å². The summed E-state index contributed by atoms with van der Waals surface area (Å²) in [5, 5.41) is 15.7. The number of imidazole rings is 1. The highest BCUT2D eigenvalue weighted by Crippen LogP contribution is 2.28. The van der Waals surface area contributed by atoms with Crippen LogP contribution in [0.15, 0.2) is 70.8 Å². The molecule has 1 aliphatic carbocycles. The molecule has 1 heterocycles. The molecule has 1 atom stereocenters. The predicted molar refractivity (Wildman–Crippen MR) is 140 cm³/mol. The van der Waals surface area contributed by atoms with Crippen LogP contribution < -0.4 is 10.6 Å². The van der Waals surface area contributed by atoms with Crippen LogP contribution in [-0.2, 0) is 16.1 Å². The minimum Gasteiger partial charge on any atom is -0.480 e. The first-order chi connectivity index (χ1) is 16.4. The van der Waals surface area contributed by atoms with E-state index in [0.29, 0.717) is 37.3 Å². The van der Waals surface area contributed by atoms with Crippen molar-refractivity contribution < 1.29 is 14.7 Å². The van der Waals surface area contributed by atoms with Crippen LogP contribution >= 0.6 is 11.8 Å². The molecule has 1 aliphatic rings. The van der Waals surface area contributed by atoms with Crippen LogP contribution in [0, 0.1) is 0 Å². The molecule has 0 fully saturated rings. The number of aliphatic carboxylic acids is 1. The molecule has 0 aromatic carbocycles. The smallest absolute Gasteiger partial charge is 0.326 e. The van der Waals surface area contributed by atoms with E-state index < -0.39 is 12.0 Å². The Balaban J connectivity index is 2.30. The average Bonchev–Trinajstić information content (AvgIpc) is 3.24. The number of nitrogens with zero attached hydrogens (tertiary/aromatic N) is 1. The maximum Gasteiger partial charge on any atom is 0.326 e. The van der Waals surface area contributed by atoms with Crippen LogP contribution in [0.25, 0.3) is 0 Å². The molecular formula is C26H36N4O3S. The lowest BCUT2D eigenvalue weighted by molar-refractivity contribution is -0.141. The molecule has 0 bridgehead atoms. The normalized spacial score (nSPS) is 15.7. The number of aromatic nitrogens is 2. The van der Waals surface area contributed by atoms with Crippen LogP contribution in [0.1, 0.15) is 45.7 Å². The summed E-state index contributed by atoms with van der Waals surface area (Å²) in [4.78, 5) is 32.1. The molecule has 1 amide bonds. The van der Waals surface area contributed by atoms with Gasteiger partial charge in [-0.3, -0.25) is 4.79 Å². The van der Waals surface area contributed by atoms with Crippen molar-refractivity contribution in [3.8, 4) is 0 Å². The van der Waals surface area contributed by atoms with Gasteiger partial charge in [-0.2, -0.15) is 11.8 Å². The van der Waals surface area contributed by atoms with Gasteiger partial charge in [0, 0.05) is 30.6 Å². The van der Waals surface area contributed by atoms with Gasteiger partial charge >= 0.3 is 5.97 Å². The van der Waals surface area contributed by atoms with Gasteiger partial charge in [-0.05, 0) is 73.5 Å². The van der Waals surface area contributed by atoms with Gasteiger partial charge in [-0.25, -0.2) is 9.78 Å². The standard InChI is InChI=1S/C26H36N4O3S/c1-5-6-8-18(2)19(3)23-13-20(14-27-15-21-16-28-17-29-21)9-7-10-22(23)25(31)30-24(26(32)33)11-12-34-4/h6,8-10,13,16-17,24,27H,5,7,11-12,14-15H2,1-4H3,(H,28,29)(H,30,31)(H,32,33)/b8-6-,19-18+/t24-/m1/s1. The number of allylic oxidation sites excluding steroid dienone is 6. The Morgan fingerprint density at radius 2 is 2.06 bits per heavy atom. The molecule has 4 N–H and O–H groups in total. The summed E-state index contributed by atoms with van der Waals surface area (Å²) in [6.07, 6.45) is 17.4. The minimum absolute atomic E-state index is 0.355. The molecule has 8 heteroatoms. The van der Waals surface area contributed by atoms with Crippen LogP contribution in [0.4, 0.5) is 0 Å². The summed E-state index contributed by atoms with van der Waals surface area (Å²) >= 11 is 1.56. The van der Waals surface area contributed by atoms with Crippen molar-refractivity contribution in [1.82, 2.24) is 20.6 Å². The van der Waals surface area contributed by atoms with Gasteiger partial charge in [-0.15, -0.1) is 0 Å². The Kier molecular flexibility index (Phi) is 11.6. The van der Waals surface area contributed by atoms with Crippen molar-refractivity contribution in [3.05, 3.63) is 76.5 Å². The molecule has 0 unspecified atom stereocenters. The minimum atomic E-state index is -1.02. The molecule has 0 radical (unpaired) electrons. The Hall–Kier alpha value is -2.84. The van der Waals surface area contributed by atoms with E-state index >= 15 is 0 Å². The Labute approximate surface area is 206 Å². The van der Waals surface area contributed by atoms with E-state index in [4.69, 9.17) is 0 Å². The molecule has 0 aliphatic heterocycles. The van der Waals surface area contributed by atoms with E-state index in [1.165, 1.54) is 0 Å². The number of amides is 1. The van der Waals surface area contributed by atoms with Gasteiger partial charge in [0.2, 0.25) is 0 Å². The number of carboxylic acids is 1. The third-order valence-corrected chi connectivity index (χ3v) is 6.22.